The summed E-state index contributed by atoms with van der Waals surface area (Å²) in [6.07, 6.45) is 0. The zero-order chi connectivity index (χ0) is 19.6. The number of carbonyl (C=O) groups is 2. The van der Waals surface area contributed by atoms with Gasteiger partial charge in [0.05, 0.1) is 12.2 Å². The number of carbonyl (C=O) groups excluding carboxylic acids is 2. The number of benzene rings is 2. The summed E-state index contributed by atoms with van der Waals surface area (Å²) in [7, 11) is 0. The van der Waals surface area contributed by atoms with Gasteiger partial charge in [-0.15, -0.1) is 0 Å². The first-order valence-corrected chi connectivity index (χ1v) is 8.86. The minimum absolute atomic E-state index is 0.108. The predicted molar refractivity (Wildman–Crippen MR) is 102 cm³/mol. The number of aryl methyl sites for hydroxylation is 2. The molecule has 0 heterocycles. The van der Waals surface area contributed by atoms with Crippen LogP contribution >= 0.6 is 0 Å². The highest BCUT2D eigenvalue weighted by molar-refractivity contribution is 5.98. The van der Waals surface area contributed by atoms with Gasteiger partial charge in [-0.3, -0.25) is 9.59 Å². The van der Waals surface area contributed by atoms with Crippen LogP contribution in [0.25, 0.3) is 0 Å². The maximum atomic E-state index is 12.2. The van der Waals surface area contributed by atoms with Crippen molar-refractivity contribution in [2.24, 2.45) is 0 Å². The van der Waals surface area contributed by atoms with E-state index in [1.807, 2.05) is 32.9 Å². The van der Waals surface area contributed by atoms with Crippen LogP contribution in [-0.2, 0) is 9.53 Å². The second kappa shape index (κ2) is 10.2. The van der Waals surface area contributed by atoms with E-state index >= 15 is 0 Å². The van der Waals surface area contributed by atoms with Crippen LogP contribution in [-0.4, -0.2) is 38.2 Å². The number of esters is 1. The summed E-state index contributed by atoms with van der Waals surface area (Å²) in [5.74, 6) is 0.306. The zero-order valence-corrected chi connectivity index (χ0v) is 15.9. The molecule has 2 aromatic rings. The molecule has 0 saturated heterocycles. The van der Waals surface area contributed by atoms with Crippen molar-refractivity contribution in [2.75, 3.05) is 26.4 Å². The molecule has 27 heavy (non-hydrogen) atoms. The normalized spacial score (nSPS) is 10.2. The van der Waals surface area contributed by atoms with Gasteiger partial charge in [-0.25, -0.2) is 0 Å². The largest absolute Gasteiger partial charge is 0.493 e. The lowest BCUT2D eigenvalue weighted by Gasteiger charge is -2.11. The lowest BCUT2D eigenvalue weighted by molar-refractivity contribution is -0.143. The number of rotatable bonds is 9. The van der Waals surface area contributed by atoms with Gasteiger partial charge in [0.15, 0.2) is 0 Å². The fourth-order valence-corrected chi connectivity index (χ4v) is 2.57. The van der Waals surface area contributed by atoms with Crippen LogP contribution in [0, 0.1) is 13.8 Å². The quantitative estimate of drug-likeness (QED) is 0.542. The standard InChI is InChI=1S/C21H25NO5/c1-4-25-19-8-6-5-7-18(19)21(24)22-14-20(23)27-10-9-26-17-12-15(2)11-16(3)13-17/h5-8,11-13H,4,9-10,14H2,1-3H3,(H,22,24). The topological polar surface area (TPSA) is 73.9 Å². The summed E-state index contributed by atoms with van der Waals surface area (Å²) in [4.78, 5) is 24.0. The van der Waals surface area contributed by atoms with Crippen LogP contribution in [0.3, 0.4) is 0 Å². The molecule has 0 unspecified atom stereocenters. The molecule has 2 aromatic carbocycles. The Hall–Kier alpha value is -3.02. The van der Waals surface area contributed by atoms with E-state index in [0.29, 0.717) is 17.9 Å². The highest BCUT2D eigenvalue weighted by atomic mass is 16.6. The van der Waals surface area contributed by atoms with E-state index in [4.69, 9.17) is 14.2 Å². The highest BCUT2D eigenvalue weighted by Crippen LogP contribution is 2.17. The lowest BCUT2D eigenvalue weighted by atomic mass is 10.1. The van der Waals surface area contributed by atoms with E-state index in [0.717, 1.165) is 16.9 Å². The van der Waals surface area contributed by atoms with Crippen molar-refractivity contribution < 1.29 is 23.8 Å². The van der Waals surface area contributed by atoms with Crippen LogP contribution in [0.1, 0.15) is 28.4 Å². The number of amides is 1. The Morgan fingerprint density at radius 2 is 1.67 bits per heavy atom. The van der Waals surface area contributed by atoms with Gasteiger partial charge in [0.25, 0.3) is 5.91 Å². The van der Waals surface area contributed by atoms with E-state index in [1.165, 1.54) is 0 Å². The van der Waals surface area contributed by atoms with Gasteiger partial charge >= 0.3 is 5.97 Å². The molecule has 1 N–H and O–H groups in total. The van der Waals surface area contributed by atoms with E-state index < -0.39 is 5.97 Å². The number of hydrogen-bond acceptors (Lipinski definition) is 5. The average Bonchev–Trinajstić information content (AvgIpc) is 2.63. The second-order valence-corrected chi connectivity index (χ2v) is 6.00. The molecule has 2 rings (SSSR count). The Morgan fingerprint density at radius 3 is 2.37 bits per heavy atom. The first kappa shape index (κ1) is 20.3. The number of para-hydroxylation sites is 1. The number of hydrogen-bond donors (Lipinski definition) is 1. The molecule has 144 valence electrons. The zero-order valence-electron chi connectivity index (χ0n) is 15.9. The molecule has 6 nitrogen and oxygen atoms in total. The Balaban J connectivity index is 1.72. The summed E-state index contributed by atoms with van der Waals surface area (Å²) >= 11 is 0. The van der Waals surface area contributed by atoms with Crippen LogP contribution in [0.5, 0.6) is 11.5 Å². The van der Waals surface area contributed by atoms with Crippen molar-refractivity contribution in [1.82, 2.24) is 5.32 Å². The molecular formula is C21H25NO5. The number of nitrogens with one attached hydrogen (secondary N) is 1. The lowest BCUT2D eigenvalue weighted by Crippen LogP contribution is -2.31. The van der Waals surface area contributed by atoms with E-state index in [-0.39, 0.29) is 25.7 Å². The minimum atomic E-state index is -0.527. The minimum Gasteiger partial charge on any atom is -0.493 e. The molecule has 0 fully saturated rings. The van der Waals surface area contributed by atoms with Crippen molar-refractivity contribution in [2.45, 2.75) is 20.8 Å². The first-order chi connectivity index (χ1) is 13.0. The summed E-state index contributed by atoms with van der Waals surface area (Å²) < 4.78 is 16.1. The van der Waals surface area contributed by atoms with Crippen LogP contribution in [0.15, 0.2) is 42.5 Å². The van der Waals surface area contributed by atoms with Gasteiger partial charge in [0.2, 0.25) is 0 Å². The third-order valence-corrected chi connectivity index (χ3v) is 3.64. The van der Waals surface area contributed by atoms with Gasteiger partial charge in [-0.05, 0) is 56.2 Å². The Labute approximate surface area is 159 Å². The molecule has 0 atom stereocenters. The molecule has 0 saturated carbocycles. The summed E-state index contributed by atoms with van der Waals surface area (Å²) in [6, 6.07) is 12.8. The monoisotopic (exact) mass is 371 g/mol. The van der Waals surface area contributed by atoms with Gasteiger partial charge in [-0.1, -0.05) is 18.2 Å². The van der Waals surface area contributed by atoms with Gasteiger partial charge < -0.3 is 19.5 Å². The Kier molecular flexibility index (Phi) is 7.67. The summed E-state index contributed by atoms with van der Waals surface area (Å²) in [6.45, 7) is 6.41. The fourth-order valence-electron chi connectivity index (χ4n) is 2.57. The van der Waals surface area contributed by atoms with Gasteiger partial charge in [0.1, 0.15) is 31.3 Å². The van der Waals surface area contributed by atoms with Crippen molar-refractivity contribution >= 4 is 11.9 Å². The second-order valence-electron chi connectivity index (χ2n) is 6.00. The Bertz CT molecular complexity index is 768. The third-order valence-electron chi connectivity index (χ3n) is 3.64. The maximum absolute atomic E-state index is 12.2. The van der Waals surface area contributed by atoms with Crippen molar-refractivity contribution in [3.63, 3.8) is 0 Å². The SMILES string of the molecule is CCOc1ccccc1C(=O)NCC(=O)OCCOc1cc(C)cc(C)c1. The summed E-state index contributed by atoms with van der Waals surface area (Å²) in [5.41, 5.74) is 2.60. The average molecular weight is 371 g/mol. The van der Waals surface area contributed by atoms with E-state index in [2.05, 4.69) is 11.4 Å². The molecule has 0 spiro atoms. The van der Waals surface area contributed by atoms with Crippen LogP contribution in [0.4, 0.5) is 0 Å². The first-order valence-electron chi connectivity index (χ1n) is 8.86. The molecule has 0 aliphatic carbocycles. The van der Waals surface area contributed by atoms with Crippen molar-refractivity contribution in [1.29, 1.82) is 0 Å². The molecule has 0 bridgehead atoms. The molecule has 1 amide bonds. The fraction of sp³-hybridized carbons (Fsp3) is 0.333. The molecule has 0 aliphatic rings. The molecule has 0 aromatic heterocycles. The van der Waals surface area contributed by atoms with E-state index in [9.17, 15) is 9.59 Å². The molecule has 0 aliphatic heterocycles. The van der Waals surface area contributed by atoms with Gasteiger partial charge in [0, 0.05) is 0 Å². The molecule has 6 heteroatoms. The van der Waals surface area contributed by atoms with Gasteiger partial charge in [-0.2, -0.15) is 0 Å². The molecular weight excluding hydrogens is 346 g/mol. The van der Waals surface area contributed by atoms with Crippen molar-refractivity contribution in [3.8, 4) is 11.5 Å². The predicted octanol–water partition coefficient (Wildman–Crippen LogP) is 3.05. The maximum Gasteiger partial charge on any atom is 0.325 e. The van der Waals surface area contributed by atoms with Crippen molar-refractivity contribution in [3.05, 3.63) is 59.2 Å². The highest BCUT2D eigenvalue weighted by Gasteiger charge is 2.13. The molecule has 0 radical (unpaired) electrons. The van der Waals surface area contributed by atoms with Crippen LogP contribution < -0.4 is 14.8 Å². The van der Waals surface area contributed by atoms with Crippen LogP contribution in [0.2, 0.25) is 0 Å². The van der Waals surface area contributed by atoms with E-state index in [1.54, 1.807) is 24.3 Å². The Morgan fingerprint density at radius 1 is 0.963 bits per heavy atom. The smallest absolute Gasteiger partial charge is 0.325 e. The summed E-state index contributed by atoms with van der Waals surface area (Å²) in [5, 5.41) is 2.54. The number of ether oxygens (including phenoxy) is 3. The third kappa shape index (κ3) is 6.66.